The Morgan fingerprint density at radius 2 is 1.87 bits per heavy atom. The highest BCUT2D eigenvalue weighted by Gasteiger charge is 2.35. The lowest BCUT2D eigenvalue weighted by atomic mass is 10.2. The van der Waals surface area contributed by atoms with Crippen LogP contribution >= 0.6 is 47.1 Å². The summed E-state index contributed by atoms with van der Waals surface area (Å²) in [5.74, 6) is -1.47. The highest BCUT2D eigenvalue weighted by molar-refractivity contribution is 8.30. The smallest absolute Gasteiger partial charge is 0.323 e. The molecule has 0 spiro atoms. The Morgan fingerprint density at radius 3 is 2.54 bits per heavy atom. The minimum absolute atomic E-state index is 0.157. The third kappa shape index (κ3) is 6.16. The number of carbonyl (C=O) groups excluding carboxylic acids is 2. The lowest BCUT2D eigenvalue weighted by Gasteiger charge is -2.20. The third-order valence-electron chi connectivity index (χ3n) is 5.90. The van der Waals surface area contributed by atoms with Crippen LogP contribution in [0.25, 0.3) is 11.0 Å². The SMILES string of the molecule is CCCCN1/C(=C/C=c2/s/c(=C3\SC(=S)N(CC(=O)O)C3=O)n(CC)c2=O)Sc2ccc(OC(=O)CC)cc21. The van der Waals surface area contributed by atoms with E-state index in [4.69, 9.17) is 22.1 Å². The Kier molecular flexibility index (Phi) is 9.36. The van der Waals surface area contributed by atoms with E-state index in [2.05, 4.69) is 11.8 Å². The topological polar surface area (TPSA) is 109 Å². The zero-order valence-corrected chi connectivity index (χ0v) is 24.9. The standard InChI is InChI=1S/C26H27N3O6S4/c1-4-7-12-28-16-13-15(35-21(32)5-2)8-9-17(16)37-19(28)11-10-18-23(33)27(6-3)25(38-18)22-24(34)29(14-20(30)31)26(36)39-22/h8-11,13H,4-7,12,14H2,1-3H3,(H,30,31)/b18-10+,19-11-,25-22-. The van der Waals surface area contributed by atoms with E-state index in [1.54, 1.807) is 30.8 Å². The number of aliphatic carboxylic acids is 1. The molecule has 0 aliphatic carbocycles. The van der Waals surface area contributed by atoms with E-state index in [0.717, 1.165) is 51.7 Å². The summed E-state index contributed by atoms with van der Waals surface area (Å²) in [6.07, 6.45) is 5.89. The second kappa shape index (κ2) is 12.5. The first-order valence-corrected chi connectivity index (χ1v) is 15.3. The normalized spacial score (nSPS) is 17.9. The van der Waals surface area contributed by atoms with Crippen molar-refractivity contribution in [2.45, 2.75) is 51.5 Å². The molecule has 0 atom stereocenters. The van der Waals surface area contributed by atoms with E-state index in [1.807, 2.05) is 25.1 Å². The lowest BCUT2D eigenvalue weighted by Crippen LogP contribution is -2.35. The zero-order chi connectivity index (χ0) is 28.3. The van der Waals surface area contributed by atoms with Gasteiger partial charge in [0.2, 0.25) is 0 Å². The number of hydrogen-bond acceptors (Lipinski definition) is 10. The molecule has 1 aromatic carbocycles. The molecule has 3 heterocycles. The zero-order valence-electron chi connectivity index (χ0n) is 21.6. The molecule has 1 aromatic heterocycles. The number of nitrogens with zero attached hydrogens (tertiary/aromatic N) is 3. The van der Waals surface area contributed by atoms with E-state index in [9.17, 15) is 19.2 Å². The number of carbonyl (C=O) groups is 3. The molecule has 2 aromatic rings. The minimum atomic E-state index is -1.16. The van der Waals surface area contributed by atoms with E-state index < -0.39 is 18.4 Å². The number of rotatable bonds is 9. The number of fused-ring (bicyclic) bond motifs is 1. The quantitative estimate of drug-likeness (QED) is 0.260. The number of aromatic nitrogens is 1. The van der Waals surface area contributed by atoms with Crippen molar-refractivity contribution in [3.8, 4) is 5.75 Å². The summed E-state index contributed by atoms with van der Waals surface area (Å²) in [5, 5.41) is 10.1. The Balaban J connectivity index is 1.74. The fourth-order valence-electron chi connectivity index (χ4n) is 3.95. The van der Waals surface area contributed by atoms with Crippen molar-refractivity contribution in [3.63, 3.8) is 0 Å². The number of amides is 1. The number of anilines is 1. The van der Waals surface area contributed by atoms with Crippen LogP contribution in [0.1, 0.15) is 40.0 Å². The Morgan fingerprint density at radius 1 is 1.10 bits per heavy atom. The number of carboxylic acids is 1. The van der Waals surface area contributed by atoms with Gasteiger partial charge in [-0.3, -0.25) is 28.6 Å². The summed E-state index contributed by atoms with van der Waals surface area (Å²) in [7, 11) is 0. The van der Waals surface area contributed by atoms with Gasteiger partial charge in [-0.1, -0.05) is 56.0 Å². The first kappa shape index (κ1) is 29.1. The molecule has 0 radical (unpaired) electrons. The number of benzene rings is 1. The van der Waals surface area contributed by atoms with Crippen LogP contribution < -0.4 is 24.4 Å². The molecule has 1 amide bonds. The van der Waals surface area contributed by atoms with Gasteiger partial charge in [-0.05, 0) is 37.6 Å². The van der Waals surface area contributed by atoms with Gasteiger partial charge >= 0.3 is 11.9 Å². The van der Waals surface area contributed by atoms with Gasteiger partial charge in [0.25, 0.3) is 11.5 Å². The molecular weight excluding hydrogens is 579 g/mol. The van der Waals surface area contributed by atoms with Crippen molar-refractivity contribution in [3.05, 3.63) is 48.9 Å². The molecule has 13 heteroatoms. The Labute approximate surface area is 242 Å². The molecule has 39 heavy (non-hydrogen) atoms. The Bertz CT molecular complexity index is 1560. The van der Waals surface area contributed by atoms with Crippen molar-refractivity contribution in [1.82, 2.24) is 9.47 Å². The number of thioether (sulfide) groups is 2. The van der Waals surface area contributed by atoms with Crippen molar-refractivity contribution in [2.75, 3.05) is 18.0 Å². The maximum absolute atomic E-state index is 13.2. The van der Waals surface area contributed by atoms with Crippen LogP contribution in [0.3, 0.4) is 0 Å². The molecule has 1 N–H and O–H groups in total. The number of ether oxygens (including phenoxy) is 1. The maximum atomic E-state index is 13.2. The molecule has 206 valence electrons. The van der Waals surface area contributed by atoms with E-state index >= 15 is 0 Å². The predicted octanol–water partition coefficient (Wildman–Crippen LogP) is 3.33. The molecule has 9 nitrogen and oxygen atoms in total. The summed E-state index contributed by atoms with van der Waals surface area (Å²) >= 11 is 8.99. The summed E-state index contributed by atoms with van der Waals surface area (Å²) in [4.78, 5) is 53.6. The number of thiocarbonyl (C=S) groups is 1. The molecule has 1 fully saturated rings. The average molecular weight is 606 g/mol. The van der Waals surface area contributed by atoms with Crippen LogP contribution in [0.5, 0.6) is 5.75 Å². The highest BCUT2D eigenvalue weighted by atomic mass is 32.2. The monoisotopic (exact) mass is 605 g/mol. The van der Waals surface area contributed by atoms with Crippen LogP contribution in [0.15, 0.2) is 39.0 Å². The second-order valence-corrected chi connectivity index (χ2v) is 12.3. The second-order valence-electron chi connectivity index (χ2n) is 8.54. The number of esters is 1. The highest BCUT2D eigenvalue weighted by Crippen LogP contribution is 2.47. The van der Waals surface area contributed by atoms with E-state index in [1.165, 1.54) is 15.9 Å². The fraction of sp³-hybridized carbons (Fsp3) is 0.346. The van der Waals surface area contributed by atoms with Gasteiger partial charge < -0.3 is 14.7 Å². The van der Waals surface area contributed by atoms with Crippen LogP contribution in [0.2, 0.25) is 0 Å². The molecule has 0 bridgehead atoms. The van der Waals surface area contributed by atoms with Crippen LogP contribution in [-0.2, 0) is 20.9 Å². The summed E-state index contributed by atoms with van der Waals surface area (Å²) in [6.45, 7) is 6.26. The van der Waals surface area contributed by atoms with Crippen molar-refractivity contribution < 1.29 is 24.2 Å². The third-order valence-corrected chi connectivity index (χ3v) is 9.74. The van der Waals surface area contributed by atoms with Crippen LogP contribution in [-0.4, -0.2) is 49.8 Å². The predicted molar refractivity (Wildman–Crippen MR) is 159 cm³/mol. The number of unbranched alkanes of at least 4 members (excludes halogenated alkanes) is 1. The Hall–Kier alpha value is -2.87. The number of hydrogen-bond donors (Lipinski definition) is 1. The largest absolute Gasteiger partial charge is 0.480 e. The number of thiazole rings is 1. The fourth-order valence-corrected chi connectivity index (χ4v) is 7.54. The van der Waals surface area contributed by atoms with Crippen molar-refractivity contribution >= 4 is 85.9 Å². The van der Waals surface area contributed by atoms with E-state index in [-0.39, 0.29) is 27.2 Å². The molecule has 2 aliphatic heterocycles. The molecule has 4 rings (SSSR count). The number of carboxylic acid groups (broad SMARTS) is 1. The summed E-state index contributed by atoms with van der Waals surface area (Å²) in [6, 6.07) is 5.57. The molecule has 0 unspecified atom stereocenters. The van der Waals surface area contributed by atoms with Crippen molar-refractivity contribution in [2.24, 2.45) is 0 Å². The minimum Gasteiger partial charge on any atom is -0.480 e. The summed E-state index contributed by atoms with van der Waals surface area (Å²) in [5.41, 5.74) is 0.718. The first-order chi connectivity index (χ1) is 18.7. The molecular formula is C26H27N3O6S4. The van der Waals surface area contributed by atoms with Gasteiger partial charge in [0.15, 0.2) is 0 Å². The van der Waals surface area contributed by atoms with Gasteiger partial charge in [0.05, 0.1) is 15.2 Å². The van der Waals surface area contributed by atoms with E-state index in [0.29, 0.717) is 21.5 Å². The van der Waals surface area contributed by atoms with Gasteiger partial charge in [0.1, 0.15) is 26.2 Å². The maximum Gasteiger partial charge on any atom is 0.323 e. The van der Waals surface area contributed by atoms with Gasteiger partial charge in [0, 0.05) is 30.5 Å². The number of allylic oxidation sites excluding steroid dienone is 1. The average Bonchev–Trinajstić information content (AvgIpc) is 3.51. The van der Waals surface area contributed by atoms with Gasteiger partial charge in [-0.2, -0.15) is 0 Å². The molecule has 1 saturated heterocycles. The molecule has 0 saturated carbocycles. The van der Waals surface area contributed by atoms with Crippen LogP contribution in [0, 0.1) is 0 Å². The van der Waals surface area contributed by atoms with Gasteiger partial charge in [-0.15, -0.1) is 11.3 Å². The molecule has 2 aliphatic rings. The summed E-state index contributed by atoms with van der Waals surface area (Å²) < 4.78 is 8.01. The van der Waals surface area contributed by atoms with Crippen LogP contribution in [0.4, 0.5) is 5.69 Å². The van der Waals surface area contributed by atoms with Crippen molar-refractivity contribution in [1.29, 1.82) is 0 Å². The van der Waals surface area contributed by atoms with Gasteiger partial charge in [-0.25, -0.2) is 0 Å². The first-order valence-electron chi connectivity index (χ1n) is 12.4. The lowest BCUT2D eigenvalue weighted by molar-refractivity contribution is -0.140.